The zero-order chi connectivity index (χ0) is 24.3. The van der Waals surface area contributed by atoms with Crippen molar-refractivity contribution in [2.24, 2.45) is 0 Å². The van der Waals surface area contributed by atoms with Crippen LogP contribution in [0.5, 0.6) is 5.75 Å². The van der Waals surface area contributed by atoms with Crippen LogP contribution in [0.25, 0.3) is 0 Å². The highest BCUT2D eigenvalue weighted by molar-refractivity contribution is 5.81. The quantitative estimate of drug-likeness (QED) is 0.0709. The van der Waals surface area contributed by atoms with Gasteiger partial charge in [0.2, 0.25) is 0 Å². The predicted molar refractivity (Wildman–Crippen MR) is 129 cm³/mol. The van der Waals surface area contributed by atoms with Crippen LogP contribution in [-0.4, -0.2) is 22.3 Å². The van der Waals surface area contributed by atoms with Crippen molar-refractivity contribution in [2.45, 2.75) is 116 Å². The Hall–Kier alpha value is -2.44. The maximum Gasteiger partial charge on any atom is 0.306 e. The zero-order valence-electron chi connectivity index (χ0n) is 20.2. The summed E-state index contributed by atoms with van der Waals surface area (Å²) in [5.41, 5.74) is -0.475. The lowest BCUT2D eigenvalue weighted by atomic mass is 10.0. The fourth-order valence-corrected chi connectivity index (χ4v) is 3.88. The summed E-state index contributed by atoms with van der Waals surface area (Å²) in [5.74, 6) is -0.807. The lowest BCUT2D eigenvalue weighted by Crippen LogP contribution is -2.05. The van der Waals surface area contributed by atoms with Gasteiger partial charge in [0.05, 0.1) is 10.5 Å². The predicted octanol–water partition coefficient (Wildman–Crippen LogP) is 7.42. The third-order valence-corrected chi connectivity index (χ3v) is 5.91. The van der Waals surface area contributed by atoms with Crippen LogP contribution in [0.15, 0.2) is 12.1 Å². The molecule has 33 heavy (non-hydrogen) atoms. The topological polar surface area (TPSA) is 107 Å². The molecule has 7 nitrogen and oxygen atoms in total. The van der Waals surface area contributed by atoms with Crippen molar-refractivity contribution in [3.8, 4) is 5.75 Å². The molecular weight excluding hydrogens is 422 g/mol. The summed E-state index contributed by atoms with van der Waals surface area (Å²) in [5, 5.41) is 20.9. The first kappa shape index (κ1) is 28.6. The number of non-ortho nitro benzene ring substituents is 1. The Balaban J connectivity index is 2.05. The minimum Gasteiger partial charge on any atom is -0.507 e. The van der Waals surface area contributed by atoms with E-state index in [1.54, 1.807) is 0 Å². The number of unbranched alkanes of at least 4 members (excludes halogenated alkanes) is 14. The summed E-state index contributed by atoms with van der Waals surface area (Å²) >= 11 is 0. The maximum atomic E-state index is 11.9. The smallest absolute Gasteiger partial charge is 0.306 e. The van der Waals surface area contributed by atoms with Gasteiger partial charge in [0.15, 0.2) is 6.29 Å². The molecule has 1 aromatic rings. The van der Waals surface area contributed by atoms with Crippen LogP contribution in [0.1, 0.15) is 126 Å². The molecule has 7 heteroatoms. The Kier molecular flexibility index (Phi) is 15.6. The summed E-state index contributed by atoms with van der Waals surface area (Å²) in [6.45, 7) is 1.95. The minimum atomic E-state index is -0.659. The fourth-order valence-electron chi connectivity index (χ4n) is 3.88. The summed E-state index contributed by atoms with van der Waals surface area (Å²) in [6.07, 6.45) is 19.3. The highest BCUT2D eigenvalue weighted by Gasteiger charge is 2.17. The summed E-state index contributed by atoms with van der Waals surface area (Å²) < 4.78 is 5.12. The van der Waals surface area contributed by atoms with Crippen LogP contribution in [0.3, 0.4) is 0 Å². The van der Waals surface area contributed by atoms with Gasteiger partial charge in [0.25, 0.3) is 5.69 Å². The van der Waals surface area contributed by atoms with E-state index < -0.39 is 16.6 Å². The van der Waals surface area contributed by atoms with Crippen molar-refractivity contribution < 1.29 is 24.4 Å². The van der Waals surface area contributed by atoms with Crippen molar-refractivity contribution in [3.63, 3.8) is 0 Å². The molecule has 0 aliphatic rings. The molecule has 0 heterocycles. The molecule has 1 aromatic carbocycles. The largest absolute Gasteiger partial charge is 0.507 e. The number of hydrogen-bond donors (Lipinski definition) is 1. The second kappa shape index (κ2) is 18.0. The van der Waals surface area contributed by atoms with Crippen LogP contribution >= 0.6 is 0 Å². The van der Waals surface area contributed by atoms with E-state index in [-0.39, 0.29) is 29.8 Å². The van der Waals surface area contributed by atoms with Crippen molar-refractivity contribution in [1.82, 2.24) is 0 Å². The Morgan fingerprint density at radius 3 is 1.85 bits per heavy atom. The molecule has 186 valence electrons. The highest BCUT2D eigenvalue weighted by Crippen LogP contribution is 2.28. The molecule has 0 fully saturated rings. The van der Waals surface area contributed by atoms with E-state index >= 15 is 0 Å². The lowest BCUT2D eigenvalue weighted by Gasteiger charge is -2.08. The minimum absolute atomic E-state index is 0.0520. The maximum absolute atomic E-state index is 11.9. The van der Waals surface area contributed by atoms with Crippen LogP contribution in [0, 0.1) is 10.1 Å². The second-order valence-electron chi connectivity index (χ2n) is 8.78. The second-order valence-corrected chi connectivity index (χ2v) is 8.78. The van der Waals surface area contributed by atoms with Gasteiger partial charge in [-0.2, -0.15) is 0 Å². The van der Waals surface area contributed by atoms with Gasteiger partial charge in [0, 0.05) is 24.1 Å². The van der Waals surface area contributed by atoms with E-state index in [1.165, 1.54) is 77.0 Å². The Morgan fingerprint density at radius 1 is 0.909 bits per heavy atom. The molecule has 0 aliphatic heterocycles. The molecule has 1 rings (SSSR count). The molecule has 0 saturated carbocycles. The van der Waals surface area contributed by atoms with Gasteiger partial charge in [0.1, 0.15) is 12.4 Å². The van der Waals surface area contributed by atoms with E-state index in [2.05, 4.69) is 6.92 Å². The summed E-state index contributed by atoms with van der Waals surface area (Å²) in [6, 6.07) is 2.10. The Bertz CT molecular complexity index is 719. The van der Waals surface area contributed by atoms with Crippen molar-refractivity contribution in [2.75, 3.05) is 0 Å². The van der Waals surface area contributed by atoms with Crippen molar-refractivity contribution in [3.05, 3.63) is 33.4 Å². The molecule has 0 atom stereocenters. The van der Waals surface area contributed by atoms with Gasteiger partial charge in [-0.25, -0.2) is 0 Å². The van der Waals surface area contributed by atoms with Gasteiger partial charge in [-0.3, -0.25) is 19.7 Å². The number of rotatable bonds is 20. The molecule has 0 saturated heterocycles. The van der Waals surface area contributed by atoms with Crippen molar-refractivity contribution in [1.29, 1.82) is 0 Å². The highest BCUT2D eigenvalue weighted by atomic mass is 16.6. The fraction of sp³-hybridized carbons (Fsp3) is 0.692. The van der Waals surface area contributed by atoms with E-state index in [1.807, 2.05) is 0 Å². The lowest BCUT2D eigenvalue weighted by molar-refractivity contribution is -0.385. The zero-order valence-corrected chi connectivity index (χ0v) is 20.2. The standard InChI is InChI=1S/C26H41NO6/c1-2-3-4-5-6-7-8-9-10-11-12-13-14-15-16-17-25(29)33-21-23-19-24(27(31)32)18-22(20-28)26(23)30/h18-20,30H,2-17,21H2,1H3. The molecule has 0 amide bonds. The van der Waals surface area contributed by atoms with Gasteiger partial charge >= 0.3 is 5.97 Å². The first-order chi connectivity index (χ1) is 16.0. The van der Waals surface area contributed by atoms with E-state index in [0.29, 0.717) is 6.29 Å². The van der Waals surface area contributed by atoms with Crippen LogP contribution < -0.4 is 0 Å². The van der Waals surface area contributed by atoms with Crippen LogP contribution in [0.4, 0.5) is 5.69 Å². The number of phenols is 1. The summed E-state index contributed by atoms with van der Waals surface area (Å²) in [4.78, 5) is 33.2. The number of phenolic OH excluding ortho intramolecular Hbond substituents is 1. The van der Waals surface area contributed by atoms with Crippen molar-refractivity contribution >= 4 is 17.9 Å². The van der Waals surface area contributed by atoms with Gasteiger partial charge in [-0.15, -0.1) is 0 Å². The van der Waals surface area contributed by atoms with E-state index in [4.69, 9.17) is 4.74 Å². The molecule has 0 aliphatic carbocycles. The SMILES string of the molecule is CCCCCCCCCCCCCCCCCC(=O)OCc1cc([N+](=O)[O-])cc(C=O)c1O. The normalized spacial score (nSPS) is 10.8. The number of aromatic hydroxyl groups is 1. The van der Waals surface area contributed by atoms with E-state index in [9.17, 15) is 24.8 Å². The molecule has 1 N–H and O–H groups in total. The molecular formula is C26H41NO6. The Labute approximate surface area is 198 Å². The third kappa shape index (κ3) is 13.0. The first-order valence-electron chi connectivity index (χ1n) is 12.6. The molecule has 0 bridgehead atoms. The average molecular weight is 464 g/mol. The number of aldehydes is 1. The van der Waals surface area contributed by atoms with Gasteiger partial charge in [-0.1, -0.05) is 96.8 Å². The average Bonchev–Trinajstić information content (AvgIpc) is 2.80. The molecule has 0 radical (unpaired) electrons. The number of nitro groups is 1. The number of hydrogen-bond acceptors (Lipinski definition) is 6. The number of ether oxygens (including phenoxy) is 1. The summed E-state index contributed by atoms with van der Waals surface area (Å²) in [7, 11) is 0. The number of esters is 1. The first-order valence-corrected chi connectivity index (χ1v) is 12.6. The number of benzene rings is 1. The van der Waals surface area contributed by atoms with E-state index in [0.717, 1.165) is 31.4 Å². The van der Waals surface area contributed by atoms with Gasteiger partial charge < -0.3 is 9.84 Å². The van der Waals surface area contributed by atoms with Gasteiger partial charge in [-0.05, 0) is 6.42 Å². The van der Waals surface area contributed by atoms with Crippen LogP contribution in [-0.2, 0) is 16.1 Å². The molecule has 0 spiro atoms. The molecule has 0 aromatic heterocycles. The number of carbonyl (C=O) groups excluding carboxylic acids is 2. The number of nitro benzene ring substituents is 1. The number of nitrogens with zero attached hydrogens (tertiary/aromatic N) is 1. The number of carbonyl (C=O) groups is 2. The van der Waals surface area contributed by atoms with Crippen LogP contribution in [0.2, 0.25) is 0 Å². The monoisotopic (exact) mass is 463 g/mol. The molecule has 0 unspecified atom stereocenters. The Morgan fingerprint density at radius 2 is 1.39 bits per heavy atom. The third-order valence-electron chi connectivity index (χ3n) is 5.91.